The molecule has 1 aliphatic heterocycles. The molecule has 1 aromatic rings. The van der Waals surface area contributed by atoms with Crippen molar-refractivity contribution in [3.05, 3.63) is 28.3 Å². The van der Waals surface area contributed by atoms with Crippen molar-refractivity contribution in [2.45, 2.75) is 32.7 Å². The lowest BCUT2D eigenvalue weighted by Crippen LogP contribution is -2.50. The number of hydrogen-bond acceptors (Lipinski definition) is 4. The van der Waals surface area contributed by atoms with Crippen LogP contribution >= 0.6 is 11.6 Å². The molecular formula is C17H25ClN2O2. The van der Waals surface area contributed by atoms with Gasteiger partial charge in [-0.15, -0.1) is 0 Å². The minimum absolute atomic E-state index is 0.0724. The molecule has 4 nitrogen and oxygen atoms in total. The largest absolute Gasteiger partial charge is 0.496 e. The van der Waals surface area contributed by atoms with Gasteiger partial charge in [-0.05, 0) is 30.5 Å². The topological polar surface area (TPSA) is 41.6 Å². The number of ether oxygens (including phenoxy) is 1. The summed E-state index contributed by atoms with van der Waals surface area (Å²) >= 11 is 6.23. The van der Waals surface area contributed by atoms with Crippen molar-refractivity contribution in [2.75, 3.05) is 33.3 Å². The summed E-state index contributed by atoms with van der Waals surface area (Å²) in [6.07, 6.45) is 0. The molecule has 0 bridgehead atoms. The normalized spacial score (nSPS) is 17.5. The molecule has 0 saturated carbocycles. The summed E-state index contributed by atoms with van der Waals surface area (Å²) in [6, 6.07) is 3.44. The lowest BCUT2D eigenvalue weighted by Gasteiger charge is -2.32. The summed E-state index contributed by atoms with van der Waals surface area (Å²) in [5, 5.41) is 3.89. The molecule has 22 heavy (non-hydrogen) atoms. The first-order chi connectivity index (χ1) is 10.5. The van der Waals surface area contributed by atoms with Gasteiger partial charge in [-0.25, -0.2) is 0 Å². The van der Waals surface area contributed by atoms with Gasteiger partial charge in [-0.3, -0.25) is 9.69 Å². The number of benzene rings is 1. The number of methoxy groups -OCH3 is 1. The van der Waals surface area contributed by atoms with E-state index in [1.807, 2.05) is 13.0 Å². The van der Waals surface area contributed by atoms with E-state index >= 15 is 0 Å². The minimum Gasteiger partial charge on any atom is -0.496 e. The highest BCUT2D eigenvalue weighted by Crippen LogP contribution is 2.34. The number of carbonyl (C=O) groups is 1. The Morgan fingerprint density at radius 2 is 1.91 bits per heavy atom. The van der Waals surface area contributed by atoms with E-state index in [0.29, 0.717) is 16.3 Å². The Labute approximate surface area is 137 Å². The van der Waals surface area contributed by atoms with Crippen molar-refractivity contribution < 1.29 is 9.53 Å². The van der Waals surface area contributed by atoms with Crippen LogP contribution in [0.1, 0.15) is 42.6 Å². The van der Waals surface area contributed by atoms with Crippen LogP contribution in [0.25, 0.3) is 0 Å². The molecule has 1 heterocycles. The SMILES string of the molecule is COc1c(C(=O)C(C)N2CCNCC2)cc(Cl)cc1C(C)C. The van der Waals surface area contributed by atoms with Gasteiger partial charge in [0.2, 0.25) is 0 Å². The lowest BCUT2D eigenvalue weighted by molar-refractivity contribution is 0.0817. The second-order valence-electron chi connectivity index (χ2n) is 6.06. The zero-order valence-corrected chi connectivity index (χ0v) is 14.5. The van der Waals surface area contributed by atoms with Crippen LogP contribution in [0.3, 0.4) is 0 Å². The number of nitrogens with one attached hydrogen (secondary N) is 1. The van der Waals surface area contributed by atoms with E-state index in [1.165, 1.54) is 0 Å². The number of carbonyl (C=O) groups excluding carboxylic acids is 1. The summed E-state index contributed by atoms with van der Waals surface area (Å²) in [7, 11) is 1.61. The van der Waals surface area contributed by atoms with Gasteiger partial charge in [0.05, 0.1) is 18.7 Å². The van der Waals surface area contributed by atoms with E-state index in [9.17, 15) is 4.79 Å². The molecule has 1 atom stereocenters. The fourth-order valence-electron chi connectivity index (χ4n) is 2.91. The second kappa shape index (κ2) is 7.44. The third-order valence-corrected chi connectivity index (χ3v) is 4.47. The molecule has 5 heteroatoms. The van der Waals surface area contributed by atoms with Crippen LogP contribution in [0.5, 0.6) is 5.75 Å². The fourth-order valence-corrected chi connectivity index (χ4v) is 3.14. The van der Waals surface area contributed by atoms with E-state index in [2.05, 4.69) is 24.1 Å². The van der Waals surface area contributed by atoms with Crippen LogP contribution in [-0.4, -0.2) is 50.0 Å². The highest BCUT2D eigenvalue weighted by atomic mass is 35.5. The van der Waals surface area contributed by atoms with Crippen LogP contribution in [0.2, 0.25) is 5.02 Å². The Morgan fingerprint density at radius 3 is 2.45 bits per heavy atom. The molecule has 0 aromatic heterocycles. The highest BCUT2D eigenvalue weighted by molar-refractivity contribution is 6.31. The molecule has 0 amide bonds. The van der Waals surface area contributed by atoms with Crippen LogP contribution < -0.4 is 10.1 Å². The fraction of sp³-hybridized carbons (Fsp3) is 0.588. The van der Waals surface area contributed by atoms with Gasteiger partial charge in [-0.1, -0.05) is 25.4 Å². The number of piperazine rings is 1. The monoisotopic (exact) mass is 324 g/mol. The van der Waals surface area contributed by atoms with Crippen LogP contribution in [-0.2, 0) is 0 Å². The molecule has 0 aliphatic carbocycles. The summed E-state index contributed by atoms with van der Waals surface area (Å²) in [5.74, 6) is 0.976. The molecule has 1 unspecified atom stereocenters. The van der Waals surface area contributed by atoms with Gasteiger partial charge < -0.3 is 10.1 Å². The van der Waals surface area contributed by atoms with Crippen LogP contribution in [0.4, 0.5) is 0 Å². The second-order valence-corrected chi connectivity index (χ2v) is 6.49. The Bertz CT molecular complexity index is 540. The van der Waals surface area contributed by atoms with Crippen molar-refractivity contribution in [3.8, 4) is 5.75 Å². The maximum absolute atomic E-state index is 12.9. The van der Waals surface area contributed by atoms with Crippen molar-refractivity contribution in [1.82, 2.24) is 10.2 Å². The lowest BCUT2D eigenvalue weighted by atomic mass is 9.95. The number of nitrogens with zero attached hydrogens (tertiary/aromatic N) is 1. The van der Waals surface area contributed by atoms with E-state index in [4.69, 9.17) is 16.3 Å². The molecule has 1 N–H and O–H groups in total. The van der Waals surface area contributed by atoms with Crippen molar-refractivity contribution in [1.29, 1.82) is 0 Å². The average Bonchev–Trinajstić information content (AvgIpc) is 2.53. The number of hydrogen-bond donors (Lipinski definition) is 1. The highest BCUT2D eigenvalue weighted by Gasteiger charge is 2.27. The Hall–Kier alpha value is -1.10. The molecule has 122 valence electrons. The summed E-state index contributed by atoms with van der Waals surface area (Å²) in [6.45, 7) is 9.70. The first-order valence-electron chi connectivity index (χ1n) is 7.82. The van der Waals surface area contributed by atoms with E-state index in [-0.39, 0.29) is 17.7 Å². The van der Waals surface area contributed by atoms with E-state index < -0.39 is 0 Å². The molecule has 1 aliphatic rings. The summed E-state index contributed by atoms with van der Waals surface area (Å²) < 4.78 is 5.54. The summed E-state index contributed by atoms with van der Waals surface area (Å²) in [5.41, 5.74) is 1.57. The van der Waals surface area contributed by atoms with Gasteiger partial charge >= 0.3 is 0 Å². The first-order valence-corrected chi connectivity index (χ1v) is 8.20. The molecular weight excluding hydrogens is 300 g/mol. The van der Waals surface area contributed by atoms with Gasteiger partial charge in [0.25, 0.3) is 0 Å². The number of ketones is 1. The molecule has 0 spiro atoms. The quantitative estimate of drug-likeness (QED) is 0.846. The zero-order chi connectivity index (χ0) is 16.3. The van der Waals surface area contributed by atoms with Crippen molar-refractivity contribution >= 4 is 17.4 Å². The molecule has 0 radical (unpaired) electrons. The number of rotatable bonds is 5. The number of halogens is 1. The molecule has 1 fully saturated rings. The maximum atomic E-state index is 12.9. The molecule has 2 rings (SSSR count). The molecule has 1 aromatic carbocycles. The van der Waals surface area contributed by atoms with Gasteiger partial charge in [-0.2, -0.15) is 0 Å². The predicted octanol–water partition coefficient (Wildman–Crippen LogP) is 2.95. The van der Waals surface area contributed by atoms with E-state index in [1.54, 1.807) is 13.2 Å². The van der Waals surface area contributed by atoms with Crippen LogP contribution in [0.15, 0.2) is 12.1 Å². The first kappa shape index (κ1) is 17.3. The number of Topliss-reactive ketones (excluding diaryl/α,β-unsaturated/α-hetero) is 1. The smallest absolute Gasteiger partial charge is 0.183 e. The third-order valence-electron chi connectivity index (χ3n) is 4.25. The Balaban J connectivity index is 2.35. The zero-order valence-electron chi connectivity index (χ0n) is 13.8. The average molecular weight is 325 g/mol. The Kier molecular flexibility index (Phi) is 5.84. The van der Waals surface area contributed by atoms with Crippen molar-refractivity contribution in [2.24, 2.45) is 0 Å². The van der Waals surface area contributed by atoms with Gasteiger partial charge in [0, 0.05) is 31.2 Å². The predicted molar refractivity (Wildman–Crippen MR) is 90.3 cm³/mol. The van der Waals surface area contributed by atoms with Gasteiger partial charge in [0.15, 0.2) is 5.78 Å². The summed E-state index contributed by atoms with van der Waals surface area (Å²) in [4.78, 5) is 15.2. The van der Waals surface area contributed by atoms with Crippen LogP contribution in [0, 0.1) is 0 Å². The minimum atomic E-state index is -0.172. The third kappa shape index (κ3) is 3.62. The Morgan fingerprint density at radius 1 is 1.27 bits per heavy atom. The molecule has 1 saturated heterocycles. The van der Waals surface area contributed by atoms with Gasteiger partial charge in [0.1, 0.15) is 5.75 Å². The maximum Gasteiger partial charge on any atom is 0.183 e. The standard InChI is InChI=1S/C17H25ClN2O2/c1-11(2)14-9-13(18)10-15(17(14)22-4)16(21)12(3)20-7-5-19-6-8-20/h9-12,19H,5-8H2,1-4H3. The van der Waals surface area contributed by atoms with E-state index in [0.717, 1.165) is 31.7 Å². The van der Waals surface area contributed by atoms with Crippen molar-refractivity contribution in [3.63, 3.8) is 0 Å².